The molecule has 0 radical (unpaired) electrons. The molecule has 2 aromatic carbocycles. The number of ether oxygens (including phenoxy) is 1. The number of nitrogens with one attached hydrogen (secondary N) is 1. The molecule has 0 aliphatic rings. The molecule has 0 bridgehead atoms. The summed E-state index contributed by atoms with van der Waals surface area (Å²) >= 11 is 2.18. The predicted molar refractivity (Wildman–Crippen MR) is 87.6 cm³/mol. The van der Waals surface area contributed by atoms with Crippen LogP contribution in [0.4, 0.5) is 4.39 Å². The minimum absolute atomic E-state index is 0.296. The van der Waals surface area contributed by atoms with E-state index in [9.17, 15) is 4.39 Å². The van der Waals surface area contributed by atoms with Gasteiger partial charge in [0.1, 0.15) is 5.75 Å². The Morgan fingerprint density at radius 3 is 2.60 bits per heavy atom. The van der Waals surface area contributed by atoms with E-state index in [-0.39, 0.29) is 5.82 Å². The molecule has 106 valence electrons. The number of para-hydroxylation sites is 2. The first kappa shape index (κ1) is 15.3. The van der Waals surface area contributed by atoms with Gasteiger partial charge in [-0.1, -0.05) is 38.1 Å². The van der Waals surface area contributed by atoms with Crippen LogP contribution in [0.2, 0.25) is 0 Å². The molecule has 0 atom stereocenters. The molecule has 2 aromatic rings. The summed E-state index contributed by atoms with van der Waals surface area (Å²) < 4.78 is 20.8. The number of benzene rings is 2. The second-order valence-electron chi connectivity index (χ2n) is 4.80. The van der Waals surface area contributed by atoms with E-state index in [4.69, 9.17) is 4.74 Å². The van der Waals surface area contributed by atoms with Crippen LogP contribution < -0.4 is 10.1 Å². The molecular formula is C16H17FINO. The Hall–Kier alpha value is -1.14. The molecule has 0 aliphatic heterocycles. The fraction of sp³-hybridized carbons (Fsp3) is 0.250. The third-order valence-corrected chi connectivity index (χ3v) is 3.69. The van der Waals surface area contributed by atoms with Crippen LogP contribution in [0.25, 0.3) is 0 Å². The topological polar surface area (TPSA) is 21.3 Å². The molecule has 4 heteroatoms. The van der Waals surface area contributed by atoms with Crippen LogP contribution in [0.5, 0.6) is 11.5 Å². The second-order valence-corrected chi connectivity index (χ2v) is 5.96. The van der Waals surface area contributed by atoms with Gasteiger partial charge in [-0.15, -0.1) is 0 Å². The van der Waals surface area contributed by atoms with E-state index in [1.165, 1.54) is 6.07 Å². The molecule has 0 saturated heterocycles. The molecular weight excluding hydrogens is 368 g/mol. The average molecular weight is 385 g/mol. The zero-order valence-corrected chi connectivity index (χ0v) is 13.6. The molecule has 2 nitrogen and oxygen atoms in total. The van der Waals surface area contributed by atoms with Crippen LogP contribution in [0.1, 0.15) is 19.4 Å². The number of rotatable bonds is 5. The minimum atomic E-state index is -0.340. The predicted octanol–water partition coefficient (Wildman–Crippen LogP) is 4.72. The largest absolute Gasteiger partial charge is 0.453 e. The summed E-state index contributed by atoms with van der Waals surface area (Å²) in [5.74, 6) is 0.626. The molecule has 0 spiro atoms. The Morgan fingerprint density at radius 2 is 1.90 bits per heavy atom. The van der Waals surface area contributed by atoms with E-state index in [0.29, 0.717) is 24.1 Å². The van der Waals surface area contributed by atoms with Crippen molar-refractivity contribution in [1.29, 1.82) is 0 Å². The van der Waals surface area contributed by atoms with Crippen molar-refractivity contribution in [3.63, 3.8) is 0 Å². The van der Waals surface area contributed by atoms with Gasteiger partial charge in [-0.25, -0.2) is 4.39 Å². The van der Waals surface area contributed by atoms with Gasteiger partial charge in [-0.3, -0.25) is 0 Å². The molecule has 0 aliphatic carbocycles. The molecule has 20 heavy (non-hydrogen) atoms. The molecule has 1 N–H and O–H groups in total. The fourth-order valence-electron chi connectivity index (χ4n) is 1.76. The smallest absolute Gasteiger partial charge is 0.167 e. The van der Waals surface area contributed by atoms with E-state index in [0.717, 1.165) is 9.13 Å². The lowest BCUT2D eigenvalue weighted by Gasteiger charge is -2.15. The van der Waals surface area contributed by atoms with Crippen molar-refractivity contribution in [3.8, 4) is 11.5 Å². The highest BCUT2D eigenvalue weighted by atomic mass is 127. The maximum atomic E-state index is 14.0. The summed E-state index contributed by atoms with van der Waals surface area (Å²) in [5.41, 5.74) is 0.818. The van der Waals surface area contributed by atoms with Crippen molar-refractivity contribution in [1.82, 2.24) is 5.32 Å². The van der Waals surface area contributed by atoms with Gasteiger partial charge in [-0.05, 0) is 40.8 Å². The van der Waals surface area contributed by atoms with Crippen molar-refractivity contribution in [2.45, 2.75) is 26.4 Å². The van der Waals surface area contributed by atoms with Gasteiger partial charge in [0.15, 0.2) is 11.6 Å². The standard InChI is InChI=1S/C16H17FINO/c1-11(2)19-10-12-6-5-7-13(17)16(12)20-15-9-4-3-8-14(15)18/h3-9,11,19H,10H2,1-2H3. The summed E-state index contributed by atoms with van der Waals surface area (Å²) in [7, 11) is 0. The number of hydrogen-bond donors (Lipinski definition) is 1. The van der Waals surface area contributed by atoms with Crippen LogP contribution >= 0.6 is 22.6 Å². The highest BCUT2D eigenvalue weighted by molar-refractivity contribution is 14.1. The first-order valence-electron chi connectivity index (χ1n) is 6.51. The molecule has 0 saturated carbocycles. The van der Waals surface area contributed by atoms with E-state index in [1.54, 1.807) is 6.07 Å². The first-order valence-corrected chi connectivity index (χ1v) is 7.59. The van der Waals surface area contributed by atoms with E-state index in [1.807, 2.05) is 30.3 Å². The highest BCUT2D eigenvalue weighted by Crippen LogP contribution is 2.31. The third kappa shape index (κ3) is 3.93. The van der Waals surface area contributed by atoms with Gasteiger partial charge in [0.2, 0.25) is 0 Å². The van der Waals surface area contributed by atoms with Crippen molar-refractivity contribution >= 4 is 22.6 Å². The maximum absolute atomic E-state index is 14.0. The summed E-state index contributed by atoms with van der Waals surface area (Å²) in [5, 5.41) is 3.28. The maximum Gasteiger partial charge on any atom is 0.167 e. The minimum Gasteiger partial charge on any atom is -0.453 e. The lowest BCUT2D eigenvalue weighted by molar-refractivity contribution is 0.429. The van der Waals surface area contributed by atoms with Gasteiger partial charge < -0.3 is 10.1 Å². The summed E-state index contributed by atoms with van der Waals surface area (Å²) in [6.45, 7) is 4.69. The van der Waals surface area contributed by atoms with Gasteiger partial charge in [0.25, 0.3) is 0 Å². The second kappa shape index (κ2) is 7.04. The van der Waals surface area contributed by atoms with E-state index < -0.39 is 0 Å². The van der Waals surface area contributed by atoms with Crippen LogP contribution in [0.3, 0.4) is 0 Å². The zero-order valence-electron chi connectivity index (χ0n) is 11.5. The van der Waals surface area contributed by atoms with Crippen molar-refractivity contribution < 1.29 is 9.13 Å². The van der Waals surface area contributed by atoms with E-state index >= 15 is 0 Å². The third-order valence-electron chi connectivity index (χ3n) is 2.80. The Kier molecular flexibility index (Phi) is 5.37. The monoisotopic (exact) mass is 385 g/mol. The zero-order chi connectivity index (χ0) is 14.5. The highest BCUT2D eigenvalue weighted by Gasteiger charge is 2.12. The molecule has 0 unspecified atom stereocenters. The quantitative estimate of drug-likeness (QED) is 0.753. The van der Waals surface area contributed by atoms with Crippen LogP contribution in [-0.4, -0.2) is 6.04 Å². The summed E-state index contributed by atoms with van der Waals surface area (Å²) in [6.07, 6.45) is 0. The Bertz CT molecular complexity index is 586. The van der Waals surface area contributed by atoms with Crippen molar-refractivity contribution in [2.75, 3.05) is 0 Å². The van der Waals surface area contributed by atoms with Crippen molar-refractivity contribution in [3.05, 3.63) is 57.4 Å². The summed E-state index contributed by atoms with van der Waals surface area (Å²) in [4.78, 5) is 0. The fourth-order valence-corrected chi connectivity index (χ4v) is 2.26. The van der Waals surface area contributed by atoms with Crippen LogP contribution in [0, 0.1) is 9.39 Å². The van der Waals surface area contributed by atoms with E-state index in [2.05, 4.69) is 41.8 Å². The summed E-state index contributed by atoms with van der Waals surface area (Å²) in [6, 6.07) is 12.9. The van der Waals surface area contributed by atoms with Gasteiger partial charge >= 0.3 is 0 Å². The molecule has 0 heterocycles. The first-order chi connectivity index (χ1) is 9.58. The Balaban J connectivity index is 2.28. The molecule has 0 amide bonds. The van der Waals surface area contributed by atoms with Crippen LogP contribution in [0.15, 0.2) is 42.5 Å². The molecule has 2 rings (SSSR count). The SMILES string of the molecule is CC(C)NCc1cccc(F)c1Oc1ccccc1I. The lowest BCUT2D eigenvalue weighted by atomic mass is 10.2. The van der Waals surface area contributed by atoms with Crippen molar-refractivity contribution in [2.24, 2.45) is 0 Å². The van der Waals surface area contributed by atoms with Gasteiger partial charge in [0.05, 0.1) is 3.57 Å². The van der Waals surface area contributed by atoms with Crippen LogP contribution in [-0.2, 0) is 6.54 Å². The number of hydrogen-bond acceptors (Lipinski definition) is 2. The van der Waals surface area contributed by atoms with Gasteiger partial charge in [0, 0.05) is 18.2 Å². The Morgan fingerprint density at radius 1 is 1.15 bits per heavy atom. The van der Waals surface area contributed by atoms with Gasteiger partial charge in [-0.2, -0.15) is 0 Å². The normalized spacial score (nSPS) is 10.8. The molecule has 0 aromatic heterocycles. The molecule has 0 fully saturated rings. The lowest BCUT2D eigenvalue weighted by Crippen LogP contribution is -2.22. The number of halogens is 2. The average Bonchev–Trinajstić information content (AvgIpc) is 2.41. The Labute approximate surface area is 132 Å².